The summed E-state index contributed by atoms with van der Waals surface area (Å²) in [5.41, 5.74) is 0.400. The Morgan fingerprint density at radius 3 is 1.32 bits per heavy atom. The Morgan fingerprint density at radius 2 is 0.871 bits per heavy atom. The van der Waals surface area contributed by atoms with Gasteiger partial charge in [0, 0.05) is 24.7 Å². The van der Waals surface area contributed by atoms with Crippen molar-refractivity contribution in [2.45, 2.75) is 434 Å². The summed E-state index contributed by atoms with van der Waals surface area (Å²) in [6, 6.07) is 0. The maximum Gasteiger partial charge on any atom is 0.315 e. The lowest BCUT2D eigenvalue weighted by atomic mass is 9.33. The first-order valence-corrected chi connectivity index (χ1v) is 40.5. The van der Waals surface area contributed by atoms with Crippen molar-refractivity contribution in [3.63, 3.8) is 0 Å². The van der Waals surface area contributed by atoms with Gasteiger partial charge in [-0.1, -0.05) is 312 Å². The van der Waals surface area contributed by atoms with Crippen molar-refractivity contribution < 1.29 is 48.0 Å². The number of carbonyl (C=O) groups excluding carboxylic acids is 4. The molecule has 10 heteroatoms. The smallest absolute Gasteiger partial charge is 0.315 e. The van der Waals surface area contributed by atoms with Gasteiger partial charge in [-0.2, -0.15) is 0 Å². The summed E-state index contributed by atoms with van der Waals surface area (Å²) in [7, 11) is 0. The van der Waals surface area contributed by atoms with E-state index in [1.807, 2.05) is 0 Å². The number of hydrogen-bond donors (Lipinski definition) is 1. The van der Waals surface area contributed by atoms with Gasteiger partial charge in [0.2, 0.25) is 6.29 Å². The lowest BCUT2D eigenvalue weighted by Crippen LogP contribution is -2.65. The first kappa shape index (κ1) is 79.5. The van der Waals surface area contributed by atoms with Gasteiger partial charge in [-0.3, -0.25) is 19.2 Å². The molecular formula is C83H146O10. The average molecular weight is 1300 g/mol. The molecule has 4 saturated carbocycles. The van der Waals surface area contributed by atoms with Gasteiger partial charge >= 0.3 is 23.9 Å². The van der Waals surface area contributed by atoms with Crippen molar-refractivity contribution in [1.82, 2.24) is 0 Å². The van der Waals surface area contributed by atoms with Crippen molar-refractivity contribution in [2.24, 2.45) is 50.2 Å². The normalized spacial score (nSPS) is 30.2. The summed E-state index contributed by atoms with van der Waals surface area (Å²) in [5, 5.41) is 12.1. The molecule has 10 nitrogen and oxygen atoms in total. The highest BCUT2D eigenvalue weighted by Gasteiger charge is 2.70. The molecule has 1 aliphatic heterocycles. The predicted octanol–water partition coefficient (Wildman–Crippen LogP) is 23.2. The number of allylic oxidation sites excluding steroid dienone is 2. The third-order valence-electron chi connectivity index (χ3n) is 25.9. The van der Waals surface area contributed by atoms with Gasteiger partial charge in [-0.05, 0) is 123 Å². The number of rotatable bonds is 47. The SMILES string of the molecule is CCCCCCCCCCCCCCCC(=O)O[C@H]1[C@H](OC(=O)[C@]23CCC(C)(C)C[C@H]2C2=CC[C@@H]4[C@@]5(C)CC[C@H](OC(=O)CCCCCCCCCCCCCCC)C(C)(C)[C@@H]5CC[C@@]4(C)[C@]2(C)CC3)OC[C@H](OC(=O)CCCCCCCCCCCCCCC)[C@@H]1O. The van der Waals surface area contributed by atoms with E-state index in [1.54, 1.807) is 0 Å². The Bertz CT molecular complexity index is 2180. The fourth-order valence-electron chi connectivity index (χ4n) is 19.6. The molecule has 538 valence electrons. The fourth-order valence-corrected chi connectivity index (χ4v) is 19.6. The van der Waals surface area contributed by atoms with E-state index >= 15 is 4.79 Å². The molecule has 0 amide bonds. The molecule has 5 aliphatic carbocycles. The van der Waals surface area contributed by atoms with E-state index in [9.17, 15) is 19.5 Å². The summed E-state index contributed by atoms with van der Waals surface area (Å²) in [4.78, 5) is 56.4. The quantitative estimate of drug-likeness (QED) is 0.0272. The van der Waals surface area contributed by atoms with Gasteiger partial charge in [0.25, 0.3) is 0 Å². The predicted molar refractivity (Wildman–Crippen MR) is 381 cm³/mol. The molecule has 5 fully saturated rings. The second-order valence-electron chi connectivity index (χ2n) is 33.8. The van der Waals surface area contributed by atoms with Crippen LogP contribution in [0.25, 0.3) is 0 Å². The van der Waals surface area contributed by atoms with Crippen LogP contribution < -0.4 is 0 Å². The van der Waals surface area contributed by atoms with Crippen LogP contribution in [0.3, 0.4) is 0 Å². The largest absolute Gasteiger partial charge is 0.462 e. The molecule has 0 spiro atoms. The third-order valence-corrected chi connectivity index (χ3v) is 25.9. The monoisotopic (exact) mass is 1300 g/mol. The van der Waals surface area contributed by atoms with E-state index in [2.05, 4.69) is 75.3 Å². The zero-order valence-electron chi connectivity index (χ0n) is 62.3. The number of ether oxygens (including phenoxy) is 5. The molecule has 6 rings (SSSR count). The van der Waals surface area contributed by atoms with Crippen LogP contribution in [0.1, 0.15) is 403 Å². The van der Waals surface area contributed by atoms with E-state index in [-0.39, 0.29) is 70.5 Å². The van der Waals surface area contributed by atoms with Crippen LogP contribution in [0.15, 0.2) is 11.6 Å². The van der Waals surface area contributed by atoms with Crippen molar-refractivity contribution >= 4 is 23.9 Å². The number of fused-ring (bicyclic) bond motifs is 7. The average Bonchev–Trinajstić information content (AvgIpc) is 0.678. The van der Waals surface area contributed by atoms with Crippen molar-refractivity contribution in [3.8, 4) is 0 Å². The highest BCUT2D eigenvalue weighted by molar-refractivity contribution is 5.79. The van der Waals surface area contributed by atoms with E-state index < -0.39 is 42.0 Å². The van der Waals surface area contributed by atoms with Crippen LogP contribution in [0.2, 0.25) is 0 Å². The molecule has 0 bridgehead atoms. The van der Waals surface area contributed by atoms with Gasteiger partial charge in [-0.15, -0.1) is 0 Å². The van der Waals surface area contributed by atoms with Gasteiger partial charge in [0.05, 0.1) is 12.0 Å². The van der Waals surface area contributed by atoms with E-state index in [0.717, 1.165) is 96.3 Å². The first-order valence-electron chi connectivity index (χ1n) is 40.5. The van der Waals surface area contributed by atoms with Crippen LogP contribution in [-0.2, 0) is 42.9 Å². The molecule has 1 N–H and O–H groups in total. The molecule has 0 aromatic carbocycles. The molecule has 0 unspecified atom stereocenters. The van der Waals surface area contributed by atoms with Gasteiger partial charge < -0.3 is 28.8 Å². The van der Waals surface area contributed by atoms with Crippen LogP contribution >= 0.6 is 0 Å². The molecule has 1 saturated heterocycles. The summed E-state index contributed by atoms with van der Waals surface area (Å²) in [6.07, 6.45) is 55.4. The lowest BCUT2D eigenvalue weighted by Gasteiger charge is -2.71. The highest BCUT2D eigenvalue weighted by atomic mass is 16.7. The highest BCUT2D eigenvalue weighted by Crippen LogP contribution is 2.76. The number of aliphatic hydroxyl groups excluding tert-OH is 1. The van der Waals surface area contributed by atoms with Crippen molar-refractivity contribution in [3.05, 3.63) is 11.6 Å². The molecule has 0 radical (unpaired) electrons. The molecule has 0 aromatic heterocycles. The Morgan fingerprint density at radius 1 is 0.462 bits per heavy atom. The second kappa shape index (κ2) is 40.6. The number of esters is 4. The van der Waals surface area contributed by atoms with E-state index in [1.165, 1.54) is 198 Å². The first-order chi connectivity index (χ1) is 44.7. The Kier molecular flexibility index (Phi) is 34.7. The standard InChI is InChI=1S/C83H146O10/c1-11-14-17-20-23-26-29-32-35-38-41-44-47-50-71(84)90-67-64-89-76(75(74(67)87)92-73(86)52-49-46-43-40-37-34-31-28-25-22-19-16-13-3)93-77(88)83-61-59-78(4,5)63-66(83)65-53-54-69-80(8)57-56-70(79(6,7)68(80)55-58-82(69,10)81(65,9)60-62-83)91-72(85)51-48-45-42-39-36-33-30-27-24-21-18-15-12-2/h53,66-70,74-76,87H,11-52,54-64H2,1-10H3/t66-,67-,68-,69+,70-,74-,75+,76-,80-,81+,82+,83-/m0/s1. The lowest BCUT2D eigenvalue weighted by molar-refractivity contribution is -0.278. The summed E-state index contributed by atoms with van der Waals surface area (Å²) in [5.74, 6) is -0.385. The summed E-state index contributed by atoms with van der Waals surface area (Å²) in [6.45, 7) is 23.9. The van der Waals surface area contributed by atoms with Crippen molar-refractivity contribution in [2.75, 3.05) is 6.61 Å². The zero-order chi connectivity index (χ0) is 67.2. The number of unbranched alkanes of at least 4 members (excludes halogenated alkanes) is 36. The maximum atomic E-state index is 15.6. The van der Waals surface area contributed by atoms with Crippen LogP contribution in [0.4, 0.5) is 0 Å². The Hall–Kier alpha value is -2.46. The minimum absolute atomic E-state index is 0.00389. The van der Waals surface area contributed by atoms with Crippen molar-refractivity contribution in [1.29, 1.82) is 0 Å². The summed E-state index contributed by atoms with van der Waals surface area (Å²) >= 11 is 0. The molecule has 1 heterocycles. The molecular weight excluding hydrogens is 1160 g/mol. The van der Waals surface area contributed by atoms with Crippen LogP contribution in [-0.4, -0.2) is 66.3 Å². The summed E-state index contributed by atoms with van der Waals surface area (Å²) < 4.78 is 31.6. The maximum absolute atomic E-state index is 15.6. The number of carbonyl (C=O) groups is 4. The Balaban J connectivity index is 1.06. The van der Waals surface area contributed by atoms with Crippen LogP contribution in [0, 0.1) is 50.2 Å². The zero-order valence-corrected chi connectivity index (χ0v) is 62.3. The number of hydrogen-bond acceptors (Lipinski definition) is 10. The van der Waals surface area contributed by atoms with Gasteiger partial charge in [-0.25, -0.2) is 0 Å². The van der Waals surface area contributed by atoms with E-state index in [0.29, 0.717) is 43.9 Å². The minimum Gasteiger partial charge on any atom is -0.462 e. The number of aliphatic hydroxyl groups is 1. The molecule has 0 aromatic rings. The Labute approximate surface area is 571 Å². The van der Waals surface area contributed by atoms with Crippen LogP contribution in [0.5, 0.6) is 0 Å². The minimum atomic E-state index is -1.42. The third kappa shape index (κ3) is 23.0. The fraction of sp³-hybridized carbons (Fsp3) is 0.928. The van der Waals surface area contributed by atoms with E-state index in [4.69, 9.17) is 23.7 Å². The second-order valence-corrected chi connectivity index (χ2v) is 33.8. The molecule has 93 heavy (non-hydrogen) atoms. The van der Waals surface area contributed by atoms with Gasteiger partial charge in [0.1, 0.15) is 12.2 Å². The topological polar surface area (TPSA) is 135 Å². The molecule has 12 atom stereocenters. The molecule has 6 aliphatic rings. The van der Waals surface area contributed by atoms with Gasteiger partial charge in [0.15, 0.2) is 12.2 Å².